The molecule has 0 aliphatic heterocycles. The number of hydrogen-bond donors (Lipinski definition) is 0. The van der Waals surface area contributed by atoms with Gasteiger partial charge in [-0.05, 0) is 47.0 Å². The standard InChI is InChI=1S/C51H32N4O/c1-4-15-33(16-5-1)36-27-29-40-39-21-10-12-25-44(39)55(46(40)32-36)45-30-28-37(38-23-14-24-42-41-22-11-13-26-47(41)56-48(38)42)31-43(45)51-53-49(34-17-6-2-7-18-34)52-50(54-51)35-19-8-3-9-20-35/h1-32H. The topological polar surface area (TPSA) is 56.7 Å². The van der Waals surface area contributed by atoms with Gasteiger partial charge < -0.3 is 8.98 Å². The SMILES string of the molecule is c1ccc(-c2ccc3c4ccccc4n(-c4ccc(-c5cccc6c5oc5ccccc56)cc4-c4nc(-c5ccccc5)nc(-c5ccccc5)n4)c3c2)cc1. The Balaban J connectivity index is 1.23. The van der Waals surface area contributed by atoms with Crippen molar-refractivity contribution in [2.45, 2.75) is 0 Å². The summed E-state index contributed by atoms with van der Waals surface area (Å²) in [5, 5.41) is 4.53. The van der Waals surface area contributed by atoms with Crippen molar-refractivity contribution >= 4 is 43.7 Å². The molecule has 0 unspecified atom stereocenters. The molecule has 0 aliphatic carbocycles. The Morgan fingerprint density at radius 1 is 0.339 bits per heavy atom. The molecule has 0 amide bonds. The van der Waals surface area contributed by atoms with Crippen LogP contribution in [0.15, 0.2) is 199 Å². The van der Waals surface area contributed by atoms with Crippen molar-refractivity contribution in [3.8, 4) is 62.1 Å². The Kier molecular flexibility index (Phi) is 7.42. The summed E-state index contributed by atoms with van der Waals surface area (Å²) in [6, 6.07) is 67.4. The van der Waals surface area contributed by atoms with Crippen LogP contribution in [0.3, 0.4) is 0 Å². The van der Waals surface area contributed by atoms with E-state index < -0.39 is 0 Å². The predicted octanol–water partition coefficient (Wildman–Crippen LogP) is 13.2. The normalized spacial score (nSPS) is 11.6. The van der Waals surface area contributed by atoms with E-state index in [1.807, 2.05) is 72.8 Å². The molecule has 0 aliphatic rings. The summed E-state index contributed by atoms with van der Waals surface area (Å²) in [4.78, 5) is 15.6. The lowest BCUT2D eigenvalue weighted by atomic mass is 9.98. The van der Waals surface area contributed by atoms with Crippen molar-refractivity contribution in [3.63, 3.8) is 0 Å². The third-order valence-corrected chi connectivity index (χ3v) is 10.7. The fraction of sp³-hybridized carbons (Fsp3) is 0. The Morgan fingerprint density at radius 3 is 1.64 bits per heavy atom. The van der Waals surface area contributed by atoms with Gasteiger partial charge in [0.15, 0.2) is 17.5 Å². The fourth-order valence-corrected chi connectivity index (χ4v) is 8.02. The van der Waals surface area contributed by atoms with Gasteiger partial charge in [-0.15, -0.1) is 0 Å². The molecule has 3 heterocycles. The minimum atomic E-state index is 0.580. The van der Waals surface area contributed by atoms with Crippen molar-refractivity contribution < 1.29 is 4.42 Å². The second-order valence-electron chi connectivity index (χ2n) is 14.0. The summed E-state index contributed by atoms with van der Waals surface area (Å²) in [6.45, 7) is 0. The largest absolute Gasteiger partial charge is 0.455 e. The lowest BCUT2D eigenvalue weighted by Crippen LogP contribution is -2.04. The first-order valence-corrected chi connectivity index (χ1v) is 18.8. The third-order valence-electron chi connectivity index (χ3n) is 10.7. The molecule has 5 heteroatoms. The fourth-order valence-electron chi connectivity index (χ4n) is 8.02. The monoisotopic (exact) mass is 716 g/mol. The molecule has 11 aromatic rings. The maximum absolute atomic E-state index is 6.56. The van der Waals surface area contributed by atoms with Crippen LogP contribution in [0.2, 0.25) is 0 Å². The summed E-state index contributed by atoms with van der Waals surface area (Å²) in [5.74, 6) is 1.80. The van der Waals surface area contributed by atoms with Crippen LogP contribution in [-0.4, -0.2) is 19.5 Å². The first-order valence-electron chi connectivity index (χ1n) is 18.8. The minimum Gasteiger partial charge on any atom is -0.455 e. The van der Waals surface area contributed by atoms with Crippen molar-refractivity contribution in [1.29, 1.82) is 0 Å². The number of aromatic nitrogens is 4. The van der Waals surface area contributed by atoms with E-state index in [4.69, 9.17) is 19.4 Å². The molecular formula is C51H32N4O. The maximum atomic E-state index is 6.56. The smallest absolute Gasteiger partial charge is 0.166 e. The van der Waals surface area contributed by atoms with Gasteiger partial charge in [0.05, 0.1) is 16.7 Å². The number of furan rings is 1. The molecule has 3 aromatic heterocycles. The molecule has 56 heavy (non-hydrogen) atoms. The van der Waals surface area contributed by atoms with Gasteiger partial charge in [0, 0.05) is 43.8 Å². The third kappa shape index (κ3) is 5.29. The van der Waals surface area contributed by atoms with Gasteiger partial charge in [-0.3, -0.25) is 0 Å². The average molecular weight is 717 g/mol. The lowest BCUT2D eigenvalue weighted by molar-refractivity contribution is 0.670. The van der Waals surface area contributed by atoms with E-state index in [9.17, 15) is 0 Å². The molecular weight excluding hydrogens is 685 g/mol. The van der Waals surface area contributed by atoms with E-state index in [0.29, 0.717) is 17.5 Å². The lowest BCUT2D eigenvalue weighted by Gasteiger charge is -2.17. The quantitative estimate of drug-likeness (QED) is 0.172. The van der Waals surface area contributed by atoms with Crippen LogP contribution >= 0.6 is 0 Å². The molecule has 262 valence electrons. The highest BCUT2D eigenvalue weighted by molar-refractivity contribution is 6.12. The number of para-hydroxylation sites is 3. The van der Waals surface area contributed by atoms with Crippen LogP contribution in [0.5, 0.6) is 0 Å². The Morgan fingerprint density at radius 2 is 0.911 bits per heavy atom. The van der Waals surface area contributed by atoms with Crippen LogP contribution in [0.25, 0.3) is 106 Å². The number of nitrogens with zero attached hydrogens (tertiary/aromatic N) is 4. The van der Waals surface area contributed by atoms with E-state index in [2.05, 4.69) is 126 Å². The van der Waals surface area contributed by atoms with Gasteiger partial charge in [0.1, 0.15) is 11.2 Å². The van der Waals surface area contributed by atoms with Crippen LogP contribution in [0, 0.1) is 0 Å². The summed E-state index contributed by atoms with van der Waals surface area (Å²) >= 11 is 0. The number of rotatable bonds is 6. The second-order valence-corrected chi connectivity index (χ2v) is 14.0. The molecule has 0 saturated heterocycles. The molecule has 5 nitrogen and oxygen atoms in total. The van der Waals surface area contributed by atoms with E-state index in [1.54, 1.807) is 0 Å². The molecule has 8 aromatic carbocycles. The van der Waals surface area contributed by atoms with Crippen molar-refractivity contribution in [2.75, 3.05) is 0 Å². The Bertz CT molecular complexity index is 3180. The summed E-state index contributed by atoms with van der Waals surface area (Å²) in [7, 11) is 0. The first kappa shape index (κ1) is 31.9. The van der Waals surface area contributed by atoms with Gasteiger partial charge in [-0.25, -0.2) is 15.0 Å². The summed E-state index contributed by atoms with van der Waals surface area (Å²) < 4.78 is 8.93. The predicted molar refractivity (Wildman–Crippen MR) is 229 cm³/mol. The van der Waals surface area contributed by atoms with Crippen LogP contribution in [0.1, 0.15) is 0 Å². The van der Waals surface area contributed by atoms with Crippen LogP contribution < -0.4 is 0 Å². The van der Waals surface area contributed by atoms with E-state index >= 15 is 0 Å². The first-order chi connectivity index (χ1) is 27.8. The average Bonchev–Trinajstić information content (AvgIpc) is 3.82. The Labute approximate surface area is 322 Å². The highest BCUT2D eigenvalue weighted by Crippen LogP contribution is 2.41. The molecule has 0 spiro atoms. The van der Waals surface area contributed by atoms with Gasteiger partial charge in [-0.1, -0.05) is 164 Å². The Hall–Kier alpha value is -7.63. The van der Waals surface area contributed by atoms with Crippen LogP contribution in [0.4, 0.5) is 0 Å². The zero-order valence-electron chi connectivity index (χ0n) is 30.2. The molecule has 0 bridgehead atoms. The minimum absolute atomic E-state index is 0.580. The van der Waals surface area contributed by atoms with E-state index in [1.165, 1.54) is 10.8 Å². The zero-order chi connectivity index (χ0) is 37.0. The number of fused-ring (bicyclic) bond motifs is 6. The molecule has 11 rings (SSSR count). The van der Waals surface area contributed by atoms with Gasteiger partial charge >= 0.3 is 0 Å². The highest BCUT2D eigenvalue weighted by Gasteiger charge is 2.22. The molecule has 0 radical (unpaired) electrons. The molecule has 0 N–H and O–H groups in total. The summed E-state index contributed by atoms with van der Waals surface area (Å²) in [6.07, 6.45) is 0. The summed E-state index contributed by atoms with van der Waals surface area (Å²) in [5.41, 5.74) is 11.9. The zero-order valence-corrected chi connectivity index (χ0v) is 30.2. The molecule has 0 atom stereocenters. The van der Waals surface area contributed by atoms with Crippen molar-refractivity contribution in [3.05, 3.63) is 194 Å². The van der Waals surface area contributed by atoms with Gasteiger partial charge in [0.2, 0.25) is 0 Å². The maximum Gasteiger partial charge on any atom is 0.166 e. The van der Waals surface area contributed by atoms with Crippen LogP contribution in [-0.2, 0) is 0 Å². The number of hydrogen-bond acceptors (Lipinski definition) is 4. The van der Waals surface area contributed by atoms with Crippen molar-refractivity contribution in [1.82, 2.24) is 19.5 Å². The second kappa shape index (κ2) is 13.0. The van der Waals surface area contributed by atoms with Crippen molar-refractivity contribution in [2.24, 2.45) is 0 Å². The highest BCUT2D eigenvalue weighted by atomic mass is 16.3. The molecule has 0 saturated carbocycles. The molecule has 0 fully saturated rings. The van der Waals surface area contributed by atoms with Gasteiger partial charge in [0.25, 0.3) is 0 Å². The van der Waals surface area contributed by atoms with Gasteiger partial charge in [-0.2, -0.15) is 0 Å². The van der Waals surface area contributed by atoms with E-state index in [-0.39, 0.29) is 0 Å². The number of benzene rings is 8. The van der Waals surface area contributed by atoms with E-state index in [0.717, 1.165) is 77.6 Å².